The summed E-state index contributed by atoms with van der Waals surface area (Å²) < 4.78 is 55.9. The molecule has 1 heterocycles. The average Bonchev–Trinajstić information content (AvgIpc) is 2.92. The van der Waals surface area contributed by atoms with Crippen LogP contribution in [-0.2, 0) is 31.8 Å². The third-order valence-electron chi connectivity index (χ3n) is 6.75. The predicted molar refractivity (Wildman–Crippen MR) is 146 cm³/mol. The summed E-state index contributed by atoms with van der Waals surface area (Å²) >= 11 is -2.61. The maximum atomic E-state index is 12.9. The number of piperidine rings is 1. The second-order valence-corrected chi connectivity index (χ2v) is 11.9. The SMILES string of the molecule is COc1ccc(-c2ccc(N(C(C(=O)O)C3CCN(S(=O)(=O)Cc4ccccc4)CC3)S(=O)O)cc2)cc1. The Bertz CT molecular complexity index is 1360. The van der Waals surface area contributed by atoms with Gasteiger partial charge in [-0.2, -0.15) is 0 Å². The van der Waals surface area contributed by atoms with Crippen molar-refractivity contribution in [3.05, 3.63) is 84.4 Å². The van der Waals surface area contributed by atoms with Gasteiger partial charge in [-0.1, -0.05) is 54.6 Å². The van der Waals surface area contributed by atoms with Crippen molar-refractivity contribution in [3.8, 4) is 16.9 Å². The van der Waals surface area contributed by atoms with Crippen LogP contribution in [0.3, 0.4) is 0 Å². The first kappa shape index (κ1) is 27.8. The molecule has 1 fully saturated rings. The molecular weight excluding hydrogens is 528 g/mol. The summed E-state index contributed by atoms with van der Waals surface area (Å²) in [5.41, 5.74) is 2.73. The molecule has 38 heavy (non-hydrogen) atoms. The summed E-state index contributed by atoms with van der Waals surface area (Å²) in [6.07, 6.45) is 0.505. The molecule has 3 aromatic rings. The third kappa shape index (κ3) is 6.41. The molecule has 0 amide bonds. The minimum absolute atomic E-state index is 0.131. The molecular formula is C27H30N2O7S2. The number of sulfonamides is 1. The van der Waals surface area contributed by atoms with E-state index in [0.717, 1.165) is 21.2 Å². The standard InChI is InChI=1S/C27H30N2O7S2/c1-36-25-13-9-22(10-14-25)21-7-11-24(12-8-21)29(37(32)33)26(27(30)31)23-15-17-28(18-16-23)38(34,35)19-20-5-3-2-4-6-20/h2-14,23,26H,15-19H2,1H3,(H,30,31)(H,32,33). The van der Waals surface area contributed by atoms with E-state index >= 15 is 0 Å². The van der Waals surface area contributed by atoms with Gasteiger partial charge in [-0.15, -0.1) is 0 Å². The molecule has 3 aromatic carbocycles. The lowest BCUT2D eigenvalue weighted by atomic mass is 9.90. The second-order valence-electron chi connectivity index (χ2n) is 9.09. The van der Waals surface area contributed by atoms with Crippen LogP contribution in [0.1, 0.15) is 18.4 Å². The van der Waals surface area contributed by atoms with Gasteiger partial charge in [0.2, 0.25) is 10.0 Å². The van der Waals surface area contributed by atoms with E-state index in [9.17, 15) is 27.1 Å². The fourth-order valence-electron chi connectivity index (χ4n) is 4.77. The monoisotopic (exact) mass is 558 g/mol. The fraction of sp³-hybridized carbons (Fsp3) is 0.296. The van der Waals surface area contributed by atoms with Gasteiger partial charge in [0.1, 0.15) is 11.8 Å². The van der Waals surface area contributed by atoms with Crippen molar-refractivity contribution in [2.24, 2.45) is 5.92 Å². The van der Waals surface area contributed by atoms with E-state index in [1.807, 2.05) is 30.3 Å². The molecule has 0 aliphatic carbocycles. The van der Waals surface area contributed by atoms with Gasteiger partial charge in [0.05, 0.1) is 18.6 Å². The Morgan fingerprint density at radius 3 is 2.05 bits per heavy atom. The van der Waals surface area contributed by atoms with Crippen LogP contribution in [0, 0.1) is 5.92 Å². The molecule has 2 N–H and O–H groups in total. The van der Waals surface area contributed by atoms with Crippen LogP contribution in [0.15, 0.2) is 78.9 Å². The summed E-state index contributed by atoms with van der Waals surface area (Å²) in [6.45, 7) is 0.290. The van der Waals surface area contributed by atoms with Crippen LogP contribution in [0.5, 0.6) is 5.75 Å². The van der Waals surface area contributed by atoms with Gasteiger partial charge in [-0.05, 0) is 59.7 Å². The van der Waals surface area contributed by atoms with Gasteiger partial charge in [-0.3, -0.25) is 8.86 Å². The van der Waals surface area contributed by atoms with E-state index in [1.165, 1.54) is 4.31 Å². The van der Waals surface area contributed by atoms with Gasteiger partial charge < -0.3 is 9.84 Å². The van der Waals surface area contributed by atoms with E-state index < -0.39 is 39.2 Å². The molecule has 0 bridgehead atoms. The van der Waals surface area contributed by atoms with Gasteiger partial charge in [0.25, 0.3) is 11.3 Å². The summed E-state index contributed by atoms with van der Waals surface area (Å²) in [5, 5.41) is 10.1. The number of aliphatic carboxylic acids is 1. The summed E-state index contributed by atoms with van der Waals surface area (Å²) in [4.78, 5) is 12.4. The molecule has 4 rings (SSSR count). The number of hydrogen-bond acceptors (Lipinski definition) is 5. The van der Waals surface area contributed by atoms with Gasteiger partial charge in [-0.25, -0.2) is 21.7 Å². The summed E-state index contributed by atoms with van der Waals surface area (Å²) in [6, 6.07) is 21.7. The Kier molecular flexibility index (Phi) is 8.83. The maximum Gasteiger partial charge on any atom is 0.327 e. The van der Waals surface area contributed by atoms with Gasteiger partial charge >= 0.3 is 5.97 Å². The summed E-state index contributed by atoms with van der Waals surface area (Å²) in [5.74, 6) is -1.17. The molecule has 0 spiro atoms. The van der Waals surface area contributed by atoms with E-state index in [0.29, 0.717) is 5.56 Å². The van der Waals surface area contributed by atoms with E-state index in [-0.39, 0.29) is 37.4 Å². The zero-order valence-electron chi connectivity index (χ0n) is 20.8. The van der Waals surface area contributed by atoms with Crippen LogP contribution < -0.4 is 9.04 Å². The molecule has 0 saturated carbocycles. The Morgan fingerprint density at radius 1 is 1.00 bits per heavy atom. The van der Waals surface area contributed by atoms with Crippen LogP contribution >= 0.6 is 0 Å². The topological polar surface area (TPSA) is 124 Å². The van der Waals surface area contributed by atoms with Crippen LogP contribution in [-0.4, -0.2) is 58.8 Å². The molecule has 0 radical (unpaired) electrons. The van der Waals surface area contributed by atoms with Crippen molar-refractivity contribution >= 4 is 32.9 Å². The number of rotatable bonds is 10. The predicted octanol–water partition coefficient (Wildman–Crippen LogP) is 4.00. The largest absolute Gasteiger partial charge is 0.497 e. The van der Waals surface area contributed by atoms with Crippen molar-refractivity contribution in [1.82, 2.24) is 4.31 Å². The number of carboxylic acids is 1. The first-order valence-electron chi connectivity index (χ1n) is 12.1. The van der Waals surface area contributed by atoms with Gasteiger partial charge in [0, 0.05) is 13.1 Å². The first-order chi connectivity index (χ1) is 18.2. The molecule has 2 atom stereocenters. The molecule has 202 valence electrons. The van der Waals surface area contributed by atoms with E-state index in [2.05, 4.69) is 0 Å². The number of carbonyl (C=O) groups is 1. The highest BCUT2D eigenvalue weighted by Crippen LogP contribution is 2.32. The number of nitrogens with zero attached hydrogens (tertiary/aromatic N) is 2. The fourth-order valence-corrected chi connectivity index (χ4v) is 7.09. The number of methoxy groups -OCH3 is 1. The lowest BCUT2D eigenvalue weighted by Gasteiger charge is -2.37. The van der Waals surface area contributed by atoms with Crippen molar-refractivity contribution in [1.29, 1.82) is 0 Å². The Labute approximate surface area is 225 Å². The molecule has 1 aliphatic heterocycles. The Morgan fingerprint density at radius 2 is 1.55 bits per heavy atom. The van der Waals surface area contributed by atoms with Crippen LogP contribution in [0.4, 0.5) is 5.69 Å². The molecule has 2 unspecified atom stereocenters. The molecule has 9 nitrogen and oxygen atoms in total. The lowest BCUT2D eigenvalue weighted by Crippen LogP contribution is -2.51. The quantitative estimate of drug-likeness (QED) is 0.361. The number of anilines is 1. The highest BCUT2D eigenvalue weighted by molar-refractivity contribution is 7.88. The highest BCUT2D eigenvalue weighted by Gasteiger charge is 2.40. The number of ether oxygens (including phenoxy) is 1. The molecule has 1 aliphatic rings. The first-order valence-corrected chi connectivity index (χ1v) is 14.8. The van der Waals surface area contributed by atoms with Gasteiger partial charge in [0.15, 0.2) is 0 Å². The van der Waals surface area contributed by atoms with Crippen molar-refractivity contribution in [3.63, 3.8) is 0 Å². The molecule has 1 saturated heterocycles. The summed E-state index contributed by atoms with van der Waals surface area (Å²) in [7, 11) is -1.99. The zero-order chi connectivity index (χ0) is 27.3. The minimum Gasteiger partial charge on any atom is -0.497 e. The Hall–Kier alpha value is -3.25. The smallest absolute Gasteiger partial charge is 0.327 e. The maximum absolute atomic E-state index is 12.9. The normalized spacial score (nSPS) is 16.5. The molecule has 0 aromatic heterocycles. The van der Waals surface area contributed by atoms with Crippen molar-refractivity contribution in [2.45, 2.75) is 24.6 Å². The van der Waals surface area contributed by atoms with Crippen molar-refractivity contribution in [2.75, 3.05) is 24.5 Å². The Balaban J connectivity index is 1.49. The number of benzene rings is 3. The lowest BCUT2D eigenvalue weighted by molar-refractivity contribution is -0.140. The van der Waals surface area contributed by atoms with Crippen LogP contribution in [0.25, 0.3) is 11.1 Å². The van der Waals surface area contributed by atoms with E-state index in [1.54, 1.807) is 55.6 Å². The van der Waals surface area contributed by atoms with E-state index in [4.69, 9.17) is 4.74 Å². The minimum atomic E-state index is -3.58. The average molecular weight is 559 g/mol. The molecule has 11 heteroatoms. The highest BCUT2D eigenvalue weighted by atomic mass is 32.2. The zero-order valence-corrected chi connectivity index (χ0v) is 22.5. The van der Waals surface area contributed by atoms with Crippen LogP contribution in [0.2, 0.25) is 0 Å². The number of carboxylic acid groups (broad SMARTS) is 1. The van der Waals surface area contributed by atoms with Crippen molar-refractivity contribution < 1.29 is 31.8 Å². The number of hydrogen-bond donors (Lipinski definition) is 2. The third-order valence-corrected chi connectivity index (χ3v) is 9.37. The second kappa shape index (κ2) is 12.1.